The maximum Gasteiger partial charge on any atom is 0.0931 e. The lowest BCUT2D eigenvalue weighted by molar-refractivity contribution is 0.580. The molecular weight excluding hydrogens is 309 g/mol. The SMILES string of the molecule is Clc1cccc(C(CNC2CC2)Cc2ccc(Cl)s2)c1. The summed E-state index contributed by atoms with van der Waals surface area (Å²) in [5.41, 5.74) is 1.30. The second kappa shape index (κ2) is 6.48. The minimum atomic E-state index is 0.448. The van der Waals surface area contributed by atoms with Crippen LogP contribution < -0.4 is 5.32 Å². The molecule has 4 heteroatoms. The van der Waals surface area contributed by atoms with E-state index in [9.17, 15) is 0 Å². The summed E-state index contributed by atoms with van der Waals surface area (Å²) in [6.07, 6.45) is 3.64. The van der Waals surface area contributed by atoms with Gasteiger partial charge < -0.3 is 5.32 Å². The van der Waals surface area contributed by atoms with Gasteiger partial charge in [0, 0.05) is 28.4 Å². The van der Waals surface area contributed by atoms with Gasteiger partial charge in [0.1, 0.15) is 0 Å². The summed E-state index contributed by atoms with van der Waals surface area (Å²) in [7, 11) is 0. The molecule has 1 heterocycles. The van der Waals surface area contributed by atoms with Crippen molar-refractivity contribution in [1.29, 1.82) is 0 Å². The normalized spacial score (nSPS) is 16.3. The lowest BCUT2D eigenvalue weighted by Crippen LogP contribution is -2.24. The Morgan fingerprint density at radius 1 is 1.20 bits per heavy atom. The van der Waals surface area contributed by atoms with Crippen LogP contribution in [0.25, 0.3) is 0 Å². The maximum atomic E-state index is 6.13. The molecule has 0 spiro atoms. The van der Waals surface area contributed by atoms with Gasteiger partial charge in [-0.1, -0.05) is 35.3 Å². The molecule has 1 atom stereocenters. The van der Waals surface area contributed by atoms with Gasteiger partial charge in [-0.15, -0.1) is 11.3 Å². The fourth-order valence-electron chi connectivity index (χ4n) is 2.37. The molecule has 1 nitrogen and oxygen atoms in total. The summed E-state index contributed by atoms with van der Waals surface area (Å²) in [5, 5.41) is 4.44. The molecule has 1 aromatic carbocycles. The molecule has 2 aromatic rings. The van der Waals surface area contributed by atoms with Crippen molar-refractivity contribution in [3.63, 3.8) is 0 Å². The van der Waals surface area contributed by atoms with Crippen molar-refractivity contribution in [1.82, 2.24) is 5.32 Å². The number of benzene rings is 1. The second-order valence-corrected chi connectivity index (χ2v) is 7.58. The van der Waals surface area contributed by atoms with Gasteiger partial charge in [-0.25, -0.2) is 0 Å². The van der Waals surface area contributed by atoms with Gasteiger partial charge in [0.2, 0.25) is 0 Å². The highest BCUT2D eigenvalue weighted by atomic mass is 35.5. The largest absolute Gasteiger partial charge is 0.313 e. The maximum absolute atomic E-state index is 6.13. The first-order valence-electron chi connectivity index (χ1n) is 6.94. The minimum absolute atomic E-state index is 0.448. The Kier molecular flexibility index (Phi) is 4.67. The van der Waals surface area contributed by atoms with Crippen molar-refractivity contribution in [2.45, 2.75) is 31.2 Å². The van der Waals surface area contributed by atoms with Gasteiger partial charge in [-0.3, -0.25) is 0 Å². The number of nitrogens with one attached hydrogen (secondary N) is 1. The molecule has 1 aromatic heterocycles. The Balaban J connectivity index is 1.74. The third kappa shape index (κ3) is 3.98. The molecule has 0 amide bonds. The standard InChI is InChI=1S/C16H17Cl2NS/c17-13-3-1-2-11(8-13)12(10-19-14-4-5-14)9-15-6-7-16(18)20-15/h1-3,6-8,12,14,19H,4-5,9-10H2. The second-order valence-electron chi connectivity index (χ2n) is 5.34. The van der Waals surface area contributed by atoms with Crippen molar-refractivity contribution >= 4 is 34.5 Å². The molecule has 106 valence electrons. The van der Waals surface area contributed by atoms with Crippen LogP contribution in [0.15, 0.2) is 36.4 Å². The predicted octanol–water partition coefficient (Wildman–Crippen LogP) is 5.13. The Hall–Kier alpha value is -0.540. The van der Waals surface area contributed by atoms with E-state index >= 15 is 0 Å². The molecule has 1 saturated carbocycles. The molecule has 1 unspecified atom stereocenters. The van der Waals surface area contributed by atoms with Crippen LogP contribution in [-0.4, -0.2) is 12.6 Å². The summed E-state index contributed by atoms with van der Waals surface area (Å²) >= 11 is 13.8. The summed E-state index contributed by atoms with van der Waals surface area (Å²) in [5.74, 6) is 0.448. The molecule has 20 heavy (non-hydrogen) atoms. The van der Waals surface area contributed by atoms with Crippen molar-refractivity contribution in [2.75, 3.05) is 6.54 Å². The van der Waals surface area contributed by atoms with Crippen LogP contribution in [0.1, 0.15) is 29.2 Å². The first kappa shape index (κ1) is 14.4. The van der Waals surface area contributed by atoms with Crippen molar-refractivity contribution in [3.8, 4) is 0 Å². The Morgan fingerprint density at radius 2 is 2.05 bits per heavy atom. The van der Waals surface area contributed by atoms with E-state index in [1.54, 1.807) is 11.3 Å². The highest BCUT2D eigenvalue weighted by Gasteiger charge is 2.23. The van der Waals surface area contributed by atoms with E-state index in [2.05, 4.69) is 23.5 Å². The monoisotopic (exact) mass is 325 g/mol. The Morgan fingerprint density at radius 3 is 2.70 bits per heavy atom. The third-order valence-electron chi connectivity index (χ3n) is 3.63. The highest BCUT2D eigenvalue weighted by Crippen LogP contribution is 2.29. The molecule has 3 rings (SSSR count). The first-order valence-corrected chi connectivity index (χ1v) is 8.51. The average Bonchev–Trinajstić information content (AvgIpc) is 3.17. The van der Waals surface area contributed by atoms with Crippen LogP contribution in [-0.2, 0) is 6.42 Å². The molecule has 1 aliphatic rings. The van der Waals surface area contributed by atoms with Crippen molar-refractivity contribution in [3.05, 3.63) is 56.2 Å². The third-order valence-corrected chi connectivity index (χ3v) is 5.12. The molecule has 1 aliphatic carbocycles. The van der Waals surface area contributed by atoms with Gasteiger partial charge >= 0.3 is 0 Å². The van der Waals surface area contributed by atoms with E-state index in [4.69, 9.17) is 23.2 Å². The smallest absolute Gasteiger partial charge is 0.0931 e. The topological polar surface area (TPSA) is 12.0 Å². The van der Waals surface area contributed by atoms with E-state index in [0.29, 0.717) is 5.92 Å². The lowest BCUT2D eigenvalue weighted by Gasteiger charge is -2.18. The van der Waals surface area contributed by atoms with Gasteiger partial charge in [0.25, 0.3) is 0 Å². The zero-order valence-corrected chi connectivity index (χ0v) is 13.4. The summed E-state index contributed by atoms with van der Waals surface area (Å²) in [4.78, 5) is 1.33. The predicted molar refractivity (Wildman–Crippen MR) is 88.3 cm³/mol. The minimum Gasteiger partial charge on any atom is -0.313 e. The molecular formula is C16H17Cl2NS. The first-order chi connectivity index (χ1) is 9.70. The average molecular weight is 326 g/mol. The van der Waals surface area contributed by atoms with E-state index in [-0.39, 0.29) is 0 Å². The van der Waals surface area contributed by atoms with E-state index in [0.717, 1.165) is 28.4 Å². The van der Waals surface area contributed by atoms with E-state index < -0.39 is 0 Å². The van der Waals surface area contributed by atoms with Crippen molar-refractivity contribution < 1.29 is 0 Å². The number of hydrogen-bond acceptors (Lipinski definition) is 2. The zero-order chi connectivity index (χ0) is 13.9. The molecule has 0 aliphatic heterocycles. The number of rotatable bonds is 6. The summed E-state index contributed by atoms with van der Waals surface area (Å²) < 4.78 is 0.861. The van der Waals surface area contributed by atoms with E-state index in [1.807, 2.05) is 18.2 Å². The van der Waals surface area contributed by atoms with Crippen LogP contribution in [0.2, 0.25) is 9.36 Å². The Bertz CT molecular complexity index is 577. The Labute approximate surface area is 133 Å². The summed E-state index contributed by atoms with van der Waals surface area (Å²) in [6, 6.07) is 13.0. The molecule has 1 fully saturated rings. The summed E-state index contributed by atoms with van der Waals surface area (Å²) in [6.45, 7) is 1.00. The van der Waals surface area contributed by atoms with Crippen molar-refractivity contribution in [2.24, 2.45) is 0 Å². The van der Waals surface area contributed by atoms with Crippen LogP contribution in [0.5, 0.6) is 0 Å². The van der Waals surface area contributed by atoms with Crippen LogP contribution in [0.3, 0.4) is 0 Å². The van der Waals surface area contributed by atoms with Gasteiger partial charge in [-0.2, -0.15) is 0 Å². The van der Waals surface area contributed by atoms with Crippen LogP contribution >= 0.6 is 34.5 Å². The van der Waals surface area contributed by atoms with Crippen LogP contribution in [0, 0.1) is 0 Å². The van der Waals surface area contributed by atoms with Gasteiger partial charge in [0.05, 0.1) is 4.34 Å². The fourth-order valence-corrected chi connectivity index (χ4v) is 3.74. The number of hydrogen-bond donors (Lipinski definition) is 1. The fraction of sp³-hybridized carbons (Fsp3) is 0.375. The van der Waals surface area contributed by atoms with Crippen LogP contribution in [0.4, 0.5) is 0 Å². The quantitative estimate of drug-likeness (QED) is 0.776. The lowest BCUT2D eigenvalue weighted by atomic mass is 9.95. The van der Waals surface area contributed by atoms with Gasteiger partial charge in [-0.05, 0) is 49.1 Å². The van der Waals surface area contributed by atoms with Gasteiger partial charge in [0.15, 0.2) is 0 Å². The molecule has 0 bridgehead atoms. The molecule has 1 N–H and O–H groups in total. The molecule has 0 radical (unpaired) electrons. The zero-order valence-electron chi connectivity index (χ0n) is 11.1. The van der Waals surface area contributed by atoms with E-state index in [1.165, 1.54) is 23.3 Å². The number of thiophene rings is 1. The number of halogens is 2. The highest BCUT2D eigenvalue weighted by molar-refractivity contribution is 7.16. The molecule has 0 saturated heterocycles.